The van der Waals surface area contributed by atoms with Crippen molar-refractivity contribution in [3.8, 4) is 11.4 Å². The van der Waals surface area contributed by atoms with Gasteiger partial charge in [-0.25, -0.2) is 0 Å². The van der Waals surface area contributed by atoms with Gasteiger partial charge in [-0.15, -0.1) is 10.2 Å². The lowest BCUT2D eigenvalue weighted by Gasteiger charge is -2.17. The number of aromatic nitrogens is 3. The van der Waals surface area contributed by atoms with E-state index >= 15 is 0 Å². The predicted octanol–water partition coefficient (Wildman–Crippen LogP) is 3.44. The molecule has 0 aliphatic carbocycles. The summed E-state index contributed by atoms with van der Waals surface area (Å²) >= 11 is 0. The summed E-state index contributed by atoms with van der Waals surface area (Å²) in [6.07, 6.45) is -4.25. The fourth-order valence-electron chi connectivity index (χ4n) is 2.83. The van der Waals surface area contributed by atoms with Crippen LogP contribution in [0.15, 0.2) is 59.4 Å². The van der Waals surface area contributed by atoms with E-state index in [-0.39, 0.29) is 30.3 Å². The van der Waals surface area contributed by atoms with Crippen LogP contribution in [0, 0.1) is 0 Å². The maximum atomic E-state index is 12.7. The molecule has 0 spiro atoms. The number of amides is 1. The molecule has 0 unspecified atom stereocenters. The summed E-state index contributed by atoms with van der Waals surface area (Å²) < 4.78 is 38.0. The average Bonchev–Trinajstić information content (AvgIpc) is 2.72. The molecular weight excluding hydrogens is 397 g/mol. The molecule has 6 nitrogen and oxygen atoms in total. The van der Waals surface area contributed by atoms with Gasteiger partial charge >= 0.3 is 6.18 Å². The Bertz CT molecular complexity index is 1060. The highest BCUT2D eigenvalue weighted by Crippen LogP contribution is 2.30. The van der Waals surface area contributed by atoms with Crippen LogP contribution in [0.4, 0.5) is 13.2 Å². The first kappa shape index (κ1) is 21.2. The SMILES string of the molecule is CN(Cc1ccccc1)C(=O)CCc1nnc(-c2ccc(C(F)(F)F)cc2)[nH]c1=O. The van der Waals surface area contributed by atoms with Crippen molar-refractivity contribution >= 4 is 5.91 Å². The minimum atomic E-state index is -4.44. The van der Waals surface area contributed by atoms with Gasteiger partial charge in [0.15, 0.2) is 5.82 Å². The molecule has 0 atom stereocenters. The van der Waals surface area contributed by atoms with E-state index in [2.05, 4.69) is 15.2 Å². The topological polar surface area (TPSA) is 79.0 Å². The van der Waals surface area contributed by atoms with Gasteiger partial charge in [-0.3, -0.25) is 9.59 Å². The van der Waals surface area contributed by atoms with Gasteiger partial charge in [-0.1, -0.05) is 42.5 Å². The molecule has 0 radical (unpaired) electrons. The van der Waals surface area contributed by atoms with E-state index in [1.54, 1.807) is 11.9 Å². The number of benzene rings is 2. The molecular formula is C21H19F3N4O2. The number of rotatable bonds is 6. The molecule has 0 aliphatic heterocycles. The van der Waals surface area contributed by atoms with Crippen LogP contribution in [-0.2, 0) is 23.9 Å². The number of nitrogens with one attached hydrogen (secondary N) is 1. The van der Waals surface area contributed by atoms with Crippen LogP contribution in [0.2, 0.25) is 0 Å². The van der Waals surface area contributed by atoms with E-state index in [1.165, 1.54) is 12.1 Å². The van der Waals surface area contributed by atoms with Gasteiger partial charge in [0.1, 0.15) is 5.69 Å². The third-order valence-electron chi connectivity index (χ3n) is 4.51. The second kappa shape index (κ2) is 8.89. The van der Waals surface area contributed by atoms with Crippen molar-refractivity contribution in [3.63, 3.8) is 0 Å². The van der Waals surface area contributed by atoms with Crippen LogP contribution < -0.4 is 5.56 Å². The molecule has 9 heteroatoms. The van der Waals surface area contributed by atoms with Gasteiger partial charge in [0, 0.05) is 32.0 Å². The third-order valence-corrected chi connectivity index (χ3v) is 4.51. The van der Waals surface area contributed by atoms with Crippen molar-refractivity contribution in [3.05, 3.63) is 81.8 Å². The molecule has 1 N–H and O–H groups in total. The minimum absolute atomic E-state index is 0.0602. The summed E-state index contributed by atoms with van der Waals surface area (Å²) in [5.74, 6) is -0.0862. The molecule has 1 heterocycles. The zero-order valence-corrected chi connectivity index (χ0v) is 16.1. The first-order valence-corrected chi connectivity index (χ1v) is 9.15. The number of alkyl halides is 3. The standard InChI is InChI=1S/C21H19F3N4O2/c1-28(13-14-5-3-2-4-6-14)18(29)12-11-17-20(30)25-19(27-26-17)15-7-9-16(10-8-15)21(22,23)24/h2-10H,11-13H2,1H3,(H,25,27,30). The molecule has 0 saturated carbocycles. The van der Waals surface area contributed by atoms with Crippen LogP contribution in [0.1, 0.15) is 23.2 Å². The lowest BCUT2D eigenvalue weighted by molar-refractivity contribution is -0.137. The van der Waals surface area contributed by atoms with Crippen LogP contribution in [0.25, 0.3) is 11.4 Å². The quantitative estimate of drug-likeness (QED) is 0.668. The minimum Gasteiger partial charge on any atom is -0.341 e. The summed E-state index contributed by atoms with van der Waals surface area (Å²) in [6.45, 7) is 0.453. The van der Waals surface area contributed by atoms with Crippen molar-refractivity contribution in [1.82, 2.24) is 20.1 Å². The molecule has 3 aromatic rings. The molecule has 0 fully saturated rings. The molecule has 2 aromatic carbocycles. The van der Waals surface area contributed by atoms with Gasteiger partial charge in [0.25, 0.3) is 5.56 Å². The maximum Gasteiger partial charge on any atom is 0.416 e. The van der Waals surface area contributed by atoms with Gasteiger partial charge in [0.05, 0.1) is 5.56 Å². The summed E-state index contributed by atoms with van der Waals surface area (Å²) in [4.78, 5) is 28.6. The monoisotopic (exact) mass is 416 g/mol. The van der Waals surface area contributed by atoms with Crippen LogP contribution in [0.3, 0.4) is 0 Å². The fraction of sp³-hybridized carbons (Fsp3) is 0.238. The number of hydrogen-bond donors (Lipinski definition) is 1. The Morgan fingerprint density at radius 2 is 1.70 bits per heavy atom. The highest BCUT2D eigenvalue weighted by Gasteiger charge is 2.30. The Kier molecular flexibility index (Phi) is 6.29. The smallest absolute Gasteiger partial charge is 0.341 e. The molecule has 30 heavy (non-hydrogen) atoms. The van der Waals surface area contributed by atoms with Crippen molar-refractivity contribution in [2.45, 2.75) is 25.6 Å². The molecule has 156 valence electrons. The zero-order chi connectivity index (χ0) is 21.7. The van der Waals surface area contributed by atoms with Crippen LogP contribution >= 0.6 is 0 Å². The number of halogens is 3. The zero-order valence-electron chi connectivity index (χ0n) is 16.1. The average molecular weight is 416 g/mol. The van der Waals surface area contributed by atoms with Gasteiger partial charge in [0.2, 0.25) is 5.91 Å². The molecule has 0 aliphatic rings. The number of aromatic amines is 1. The summed E-state index contributed by atoms with van der Waals surface area (Å²) in [5, 5.41) is 7.73. The first-order chi connectivity index (χ1) is 14.2. The first-order valence-electron chi connectivity index (χ1n) is 9.15. The highest BCUT2D eigenvalue weighted by atomic mass is 19.4. The Balaban J connectivity index is 1.63. The van der Waals surface area contributed by atoms with E-state index in [0.29, 0.717) is 12.1 Å². The molecule has 0 bridgehead atoms. The van der Waals surface area contributed by atoms with E-state index in [4.69, 9.17) is 0 Å². The third kappa shape index (κ3) is 5.31. The van der Waals surface area contributed by atoms with E-state index < -0.39 is 17.3 Å². The van der Waals surface area contributed by atoms with Gasteiger partial charge < -0.3 is 9.88 Å². The Labute approximate surface area is 170 Å². The molecule has 1 amide bonds. The molecule has 0 saturated heterocycles. The van der Waals surface area contributed by atoms with Gasteiger partial charge in [-0.2, -0.15) is 13.2 Å². The van der Waals surface area contributed by atoms with Crippen molar-refractivity contribution < 1.29 is 18.0 Å². The largest absolute Gasteiger partial charge is 0.416 e. The number of aryl methyl sites for hydroxylation is 1. The van der Waals surface area contributed by atoms with E-state index in [9.17, 15) is 22.8 Å². The fourth-order valence-corrected chi connectivity index (χ4v) is 2.83. The number of H-pyrrole nitrogens is 1. The normalized spacial score (nSPS) is 11.3. The number of carbonyl (C=O) groups excluding carboxylic acids is 1. The van der Waals surface area contributed by atoms with E-state index in [0.717, 1.165) is 17.7 Å². The van der Waals surface area contributed by atoms with Crippen molar-refractivity contribution in [2.24, 2.45) is 0 Å². The number of nitrogens with zero attached hydrogens (tertiary/aromatic N) is 3. The second-order valence-corrected chi connectivity index (χ2v) is 6.76. The molecule has 1 aromatic heterocycles. The van der Waals surface area contributed by atoms with Crippen LogP contribution in [0.5, 0.6) is 0 Å². The lowest BCUT2D eigenvalue weighted by Crippen LogP contribution is -2.27. The molecule has 3 rings (SSSR count). The maximum absolute atomic E-state index is 12.7. The van der Waals surface area contributed by atoms with Gasteiger partial charge in [-0.05, 0) is 17.7 Å². The Morgan fingerprint density at radius 3 is 2.30 bits per heavy atom. The summed E-state index contributed by atoms with van der Waals surface area (Å²) in [6, 6.07) is 13.7. The summed E-state index contributed by atoms with van der Waals surface area (Å²) in [5.41, 5.74) is 0.0616. The van der Waals surface area contributed by atoms with Crippen molar-refractivity contribution in [1.29, 1.82) is 0 Å². The Hall–Kier alpha value is -3.49. The number of hydrogen-bond acceptors (Lipinski definition) is 4. The summed E-state index contributed by atoms with van der Waals surface area (Å²) in [7, 11) is 1.68. The van der Waals surface area contributed by atoms with E-state index in [1.807, 2.05) is 30.3 Å². The van der Waals surface area contributed by atoms with Crippen LogP contribution in [-0.4, -0.2) is 33.0 Å². The number of carbonyl (C=O) groups is 1. The second-order valence-electron chi connectivity index (χ2n) is 6.76. The highest BCUT2D eigenvalue weighted by molar-refractivity contribution is 5.76. The predicted molar refractivity (Wildman–Crippen MR) is 104 cm³/mol. The Morgan fingerprint density at radius 1 is 1.03 bits per heavy atom. The lowest BCUT2D eigenvalue weighted by atomic mass is 10.1. The van der Waals surface area contributed by atoms with Crippen molar-refractivity contribution in [2.75, 3.05) is 7.05 Å².